The molecule has 0 aliphatic carbocycles. The first-order valence-corrected chi connectivity index (χ1v) is 10.5. The lowest BCUT2D eigenvalue weighted by atomic mass is 10.2. The minimum atomic E-state index is -4.33. The number of nitrogens with zero attached hydrogens (tertiary/aromatic N) is 2. The second-order valence-corrected chi connectivity index (χ2v) is 8.52. The van der Waals surface area contributed by atoms with Crippen LogP contribution in [-0.4, -0.2) is 32.2 Å². The normalized spacial score (nSPS) is 11.5. The number of anilines is 1. The Labute approximate surface area is 174 Å². The van der Waals surface area contributed by atoms with E-state index in [9.17, 15) is 22.0 Å². The fourth-order valence-corrected chi connectivity index (χ4v) is 4.31. The third-order valence-corrected chi connectivity index (χ3v) is 6.38. The van der Waals surface area contributed by atoms with E-state index in [1.54, 1.807) is 30.3 Å². The largest absolute Gasteiger partial charge is 0.314 e. The molecule has 0 N–H and O–H groups in total. The van der Waals surface area contributed by atoms with Crippen LogP contribution >= 0.6 is 0 Å². The monoisotopic (exact) mass is 430 g/mol. The van der Waals surface area contributed by atoms with Gasteiger partial charge in [0.25, 0.3) is 0 Å². The summed E-state index contributed by atoms with van der Waals surface area (Å²) in [5, 5.41) is 0. The van der Waals surface area contributed by atoms with Gasteiger partial charge in [-0.25, -0.2) is 17.2 Å². The van der Waals surface area contributed by atoms with Crippen LogP contribution in [-0.2, 0) is 21.4 Å². The van der Waals surface area contributed by atoms with Crippen LogP contribution in [0.25, 0.3) is 0 Å². The van der Waals surface area contributed by atoms with Gasteiger partial charge in [-0.3, -0.25) is 4.79 Å². The number of hydrogen-bond donors (Lipinski definition) is 0. The van der Waals surface area contributed by atoms with Gasteiger partial charge in [0.15, 0.2) is 0 Å². The molecule has 0 aliphatic rings. The third-order valence-electron chi connectivity index (χ3n) is 4.56. The molecular formula is C22H20F2N2O3S. The van der Waals surface area contributed by atoms with Gasteiger partial charge < -0.3 is 4.90 Å². The Morgan fingerprint density at radius 3 is 2.10 bits per heavy atom. The molecule has 0 aliphatic heterocycles. The van der Waals surface area contributed by atoms with Crippen molar-refractivity contribution in [2.75, 3.05) is 18.5 Å². The zero-order chi connectivity index (χ0) is 21.7. The lowest BCUT2D eigenvalue weighted by Crippen LogP contribution is -2.41. The summed E-state index contributed by atoms with van der Waals surface area (Å²) in [5.74, 6) is -1.88. The number of amides is 1. The highest BCUT2D eigenvalue weighted by Gasteiger charge is 2.30. The summed E-state index contributed by atoms with van der Waals surface area (Å²) in [6, 6.07) is 19.0. The van der Waals surface area contributed by atoms with Crippen molar-refractivity contribution in [2.24, 2.45) is 0 Å². The van der Waals surface area contributed by atoms with Crippen molar-refractivity contribution in [3.05, 3.63) is 96.1 Å². The molecule has 0 saturated heterocycles. The van der Waals surface area contributed by atoms with Crippen LogP contribution in [0.2, 0.25) is 0 Å². The van der Waals surface area contributed by atoms with Crippen LogP contribution < -0.4 is 4.90 Å². The second kappa shape index (κ2) is 9.15. The molecule has 0 unspecified atom stereocenters. The first-order valence-electron chi connectivity index (χ1n) is 9.10. The predicted octanol–water partition coefficient (Wildman–Crippen LogP) is 3.82. The van der Waals surface area contributed by atoms with Gasteiger partial charge in [0, 0.05) is 19.3 Å². The van der Waals surface area contributed by atoms with E-state index in [1.165, 1.54) is 48.3 Å². The van der Waals surface area contributed by atoms with Crippen molar-refractivity contribution in [3.8, 4) is 0 Å². The molecule has 0 radical (unpaired) electrons. The van der Waals surface area contributed by atoms with Crippen LogP contribution in [0.3, 0.4) is 0 Å². The molecule has 1 amide bonds. The first-order chi connectivity index (χ1) is 14.3. The molecule has 3 rings (SSSR count). The summed E-state index contributed by atoms with van der Waals surface area (Å²) in [4.78, 5) is 13.6. The van der Waals surface area contributed by atoms with E-state index in [-0.39, 0.29) is 6.54 Å². The fourth-order valence-electron chi connectivity index (χ4n) is 2.86. The zero-order valence-electron chi connectivity index (χ0n) is 16.2. The number of para-hydroxylation sites is 1. The SMILES string of the molecule is CN(C(=O)CN(Cc1ccc(F)cc1)S(=O)(=O)c1ccccc1F)c1ccccc1. The number of sulfonamides is 1. The van der Waals surface area contributed by atoms with E-state index in [4.69, 9.17) is 0 Å². The Hall–Kier alpha value is -3.10. The lowest BCUT2D eigenvalue weighted by Gasteiger charge is -2.25. The standard InChI is InChI=1S/C22H20F2N2O3S/c1-25(19-7-3-2-4-8-19)22(27)16-26(15-17-11-13-18(23)14-12-17)30(28,29)21-10-6-5-9-20(21)24/h2-14H,15-16H2,1H3. The number of hydrogen-bond acceptors (Lipinski definition) is 3. The van der Waals surface area contributed by atoms with Crippen LogP contribution in [0.4, 0.5) is 14.5 Å². The van der Waals surface area contributed by atoms with Crippen molar-refractivity contribution in [1.82, 2.24) is 4.31 Å². The number of rotatable bonds is 7. The minimum Gasteiger partial charge on any atom is -0.314 e. The van der Waals surface area contributed by atoms with Crippen molar-refractivity contribution < 1.29 is 22.0 Å². The molecule has 3 aromatic carbocycles. The molecule has 0 heterocycles. The highest BCUT2D eigenvalue weighted by Crippen LogP contribution is 2.22. The summed E-state index contributed by atoms with van der Waals surface area (Å²) in [5.41, 5.74) is 1.05. The highest BCUT2D eigenvalue weighted by atomic mass is 32.2. The molecule has 0 fully saturated rings. The van der Waals surface area contributed by atoms with Crippen LogP contribution in [0.15, 0.2) is 83.8 Å². The Kier molecular flexibility index (Phi) is 6.59. The predicted molar refractivity (Wildman–Crippen MR) is 110 cm³/mol. The number of carbonyl (C=O) groups is 1. The van der Waals surface area contributed by atoms with Gasteiger partial charge in [-0.15, -0.1) is 0 Å². The summed E-state index contributed by atoms with van der Waals surface area (Å²) in [6.45, 7) is -0.731. The zero-order valence-corrected chi connectivity index (χ0v) is 17.0. The maximum atomic E-state index is 14.2. The molecule has 156 valence electrons. The van der Waals surface area contributed by atoms with Crippen molar-refractivity contribution >= 4 is 21.6 Å². The van der Waals surface area contributed by atoms with Crippen molar-refractivity contribution in [1.29, 1.82) is 0 Å². The van der Waals surface area contributed by atoms with E-state index in [2.05, 4.69) is 0 Å². The Balaban J connectivity index is 1.94. The van der Waals surface area contributed by atoms with Gasteiger partial charge in [-0.05, 0) is 42.0 Å². The highest BCUT2D eigenvalue weighted by molar-refractivity contribution is 7.89. The van der Waals surface area contributed by atoms with Gasteiger partial charge in [-0.2, -0.15) is 4.31 Å². The van der Waals surface area contributed by atoms with Crippen molar-refractivity contribution in [3.63, 3.8) is 0 Å². The molecule has 30 heavy (non-hydrogen) atoms. The number of benzene rings is 3. The molecule has 8 heteroatoms. The second-order valence-electron chi connectivity index (χ2n) is 6.62. The molecule has 3 aromatic rings. The topological polar surface area (TPSA) is 57.7 Å². The van der Waals surface area contributed by atoms with Crippen LogP contribution in [0.1, 0.15) is 5.56 Å². The average molecular weight is 430 g/mol. The molecule has 5 nitrogen and oxygen atoms in total. The number of halogens is 2. The maximum Gasteiger partial charge on any atom is 0.246 e. The van der Waals surface area contributed by atoms with E-state index >= 15 is 0 Å². The summed E-state index contributed by atoms with van der Waals surface area (Å²) < 4.78 is 54.7. The van der Waals surface area contributed by atoms with Gasteiger partial charge in [-0.1, -0.05) is 42.5 Å². The van der Waals surface area contributed by atoms with Crippen LogP contribution in [0, 0.1) is 11.6 Å². The average Bonchev–Trinajstić information content (AvgIpc) is 2.75. The van der Waals surface area contributed by atoms with Crippen molar-refractivity contribution in [2.45, 2.75) is 11.4 Å². The Bertz CT molecular complexity index is 1120. The summed E-state index contributed by atoms with van der Waals surface area (Å²) >= 11 is 0. The Morgan fingerprint density at radius 1 is 0.867 bits per heavy atom. The van der Waals surface area contributed by atoms with Gasteiger partial charge in [0.1, 0.15) is 16.5 Å². The fraction of sp³-hybridized carbons (Fsp3) is 0.136. The summed E-state index contributed by atoms with van der Waals surface area (Å²) in [7, 11) is -2.80. The van der Waals surface area contributed by atoms with E-state index < -0.39 is 39.0 Å². The molecule has 0 aromatic heterocycles. The first kappa shape index (κ1) is 21.6. The smallest absolute Gasteiger partial charge is 0.246 e. The van der Waals surface area contributed by atoms with E-state index in [1.807, 2.05) is 0 Å². The quantitative estimate of drug-likeness (QED) is 0.573. The molecule has 0 bridgehead atoms. The molecule has 0 atom stereocenters. The van der Waals surface area contributed by atoms with E-state index in [0.29, 0.717) is 11.3 Å². The third kappa shape index (κ3) is 4.90. The van der Waals surface area contributed by atoms with Crippen LogP contribution in [0.5, 0.6) is 0 Å². The Morgan fingerprint density at radius 2 is 1.47 bits per heavy atom. The molecular weight excluding hydrogens is 410 g/mol. The van der Waals surface area contributed by atoms with E-state index in [0.717, 1.165) is 16.4 Å². The minimum absolute atomic E-state index is 0.217. The van der Waals surface area contributed by atoms with Gasteiger partial charge >= 0.3 is 0 Å². The number of carbonyl (C=O) groups excluding carboxylic acids is 1. The molecule has 0 saturated carbocycles. The summed E-state index contributed by atoms with van der Waals surface area (Å²) in [6.07, 6.45) is 0. The van der Waals surface area contributed by atoms with Gasteiger partial charge in [0.05, 0.1) is 6.54 Å². The maximum absolute atomic E-state index is 14.2. The molecule has 0 spiro atoms. The lowest BCUT2D eigenvalue weighted by molar-refractivity contribution is -0.118. The van der Waals surface area contributed by atoms with Gasteiger partial charge in [0.2, 0.25) is 15.9 Å². The number of likely N-dealkylation sites (N-methyl/N-ethyl adjacent to an activating group) is 1.